The fourth-order valence-corrected chi connectivity index (χ4v) is 2.39. The molecule has 1 aromatic heterocycles. The Labute approximate surface area is 92.7 Å². The molecule has 14 heavy (non-hydrogen) atoms. The van der Waals surface area contributed by atoms with Gasteiger partial charge in [-0.3, -0.25) is 4.98 Å². The molecule has 2 rings (SSSR count). The summed E-state index contributed by atoms with van der Waals surface area (Å²) in [5.41, 5.74) is 1.03. The lowest BCUT2D eigenvalue weighted by atomic mass is 10.2. The maximum Gasteiger partial charge on any atom is 0.150 e. The van der Waals surface area contributed by atoms with Gasteiger partial charge in [0.25, 0.3) is 0 Å². The fraction of sp³-hybridized carbons (Fsp3) is 0.600. The highest BCUT2D eigenvalue weighted by Crippen LogP contribution is 2.24. The first kappa shape index (κ1) is 9.90. The van der Waals surface area contributed by atoms with Crippen molar-refractivity contribution >= 4 is 21.7 Å². The van der Waals surface area contributed by atoms with Crippen molar-refractivity contribution in [2.45, 2.75) is 13.3 Å². The Morgan fingerprint density at radius 3 is 2.93 bits per heavy atom. The van der Waals surface area contributed by atoms with Gasteiger partial charge in [0.2, 0.25) is 0 Å². The number of rotatable bonds is 2. The molecule has 0 saturated carbocycles. The average molecular weight is 256 g/mol. The van der Waals surface area contributed by atoms with Crippen LogP contribution in [0.25, 0.3) is 0 Å². The van der Waals surface area contributed by atoms with E-state index in [1.54, 1.807) is 12.4 Å². The van der Waals surface area contributed by atoms with E-state index in [9.17, 15) is 0 Å². The van der Waals surface area contributed by atoms with Crippen molar-refractivity contribution < 1.29 is 0 Å². The number of halogens is 1. The third-order valence-corrected chi connectivity index (χ3v) is 3.57. The van der Waals surface area contributed by atoms with E-state index in [0.29, 0.717) is 0 Å². The first-order valence-electron chi connectivity index (χ1n) is 4.90. The van der Waals surface area contributed by atoms with Crippen LogP contribution in [0.2, 0.25) is 0 Å². The lowest BCUT2D eigenvalue weighted by molar-refractivity contribution is 0.675. The number of hydrogen-bond acceptors (Lipinski definition) is 3. The van der Waals surface area contributed by atoms with Crippen LogP contribution in [0, 0.1) is 12.8 Å². The minimum atomic E-state index is 0.761. The van der Waals surface area contributed by atoms with Gasteiger partial charge < -0.3 is 4.90 Å². The Morgan fingerprint density at radius 1 is 1.50 bits per heavy atom. The van der Waals surface area contributed by atoms with Gasteiger partial charge in [0.05, 0.1) is 5.69 Å². The minimum Gasteiger partial charge on any atom is -0.355 e. The largest absolute Gasteiger partial charge is 0.355 e. The predicted molar refractivity (Wildman–Crippen MR) is 60.9 cm³/mol. The molecule has 1 fully saturated rings. The fourth-order valence-electron chi connectivity index (χ4n) is 1.86. The zero-order valence-corrected chi connectivity index (χ0v) is 9.87. The monoisotopic (exact) mass is 255 g/mol. The van der Waals surface area contributed by atoms with Gasteiger partial charge in [-0.15, -0.1) is 0 Å². The third-order valence-electron chi connectivity index (χ3n) is 2.66. The van der Waals surface area contributed by atoms with E-state index in [4.69, 9.17) is 0 Å². The SMILES string of the molecule is Cc1nccnc1N1CCC(CBr)C1. The zero-order valence-electron chi connectivity index (χ0n) is 8.28. The van der Waals surface area contributed by atoms with Crippen LogP contribution in [0.5, 0.6) is 0 Å². The number of nitrogens with zero attached hydrogens (tertiary/aromatic N) is 3. The van der Waals surface area contributed by atoms with Gasteiger partial charge in [-0.05, 0) is 19.3 Å². The molecule has 0 N–H and O–H groups in total. The molecule has 1 aromatic rings. The van der Waals surface area contributed by atoms with Crippen LogP contribution in [0.3, 0.4) is 0 Å². The summed E-state index contributed by atoms with van der Waals surface area (Å²) in [6.07, 6.45) is 4.77. The molecule has 0 bridgehead atoms. The number of aromatic nitrogens is 2. The van der Waals surface area contributed by atoms with E-state index in [1.807, 2.05) is 6.92 Å². The van der Waals surface area contributed by atoms with Gasteiger partial charge in [0.1, 0.15) is 5.82 Å². The van der Waals surface area contributed by atoms with Crippen molar-refractivity contribution in [2.24, 2.45) is 5.92 Å². The van der Waals surface area contributed by atoms with Gasteiger partial charge in [0.15, 0.2) is 0 Å². The van der Waals surface area contributed by atoms with Crippen molar-refractivity contribution in [2.75, 3.05) is 23.3 Å². The van der Waals surface area contributed by atoms with Gasteiger partial charge in [0, 0.05) is 30.8 Å². The Hall–Kier alpha value is -0.640. The van der Waals surface area contributed by atoms with E-state index >= 15 is 0 Å². The lowest BCUT2D eigenvalue weighted by Gasteiger charge is -2.18. The summed E-state index contributed by atoms with van der Waals surface area (Å²) in [5.74, 6) is 1.81. The van der Waals surface area contributed by atoms with Crippen LogP contribution in [0.4, 0.5) is 5.82 Å². The molecular weight excluding hydrogens is 242 g/mol. The van der Waals surface area contributed by atoms with Gasteiger partial charge >= 0.3 is 0 Å². The molecule has 0 amide bonds. The quantitative estimate of drug-likeness (QED) is 0.758. The summed E-state index contributed by atoms with van der Waals surface area (Å²) in [5, 5.41) is 1.09. The van der Waals surface area contributed by atoms with Gasteiger partial charge in [-0.2, -0.15) is 0 Å². The molecule has 76 valence electrons. The number of hydrogen-bond donors (Lipinski definition) is 0. The van der Waals surface area contributed by atoms with E-state index in [2.05, 4.69) is 30.8 Å². The number of alkyl halides is 1. The van der Waals surface area contributed by atoms with Crippen LogP contribution < -0.4 is 4.90 Å². The molecule has 0 spiro atoms. The molecule has 2 heterocycles. The van der Waals surface area contributed by atoms with Crippen LogP contribution in [0.1, 0.15) is 12.1 Å². The third kappa shape index (κ3) is 1.90. The molecule has 3 nitrogen and oxygen atoms in total. The maximum atomic E-state index is 4.38. The average Bonchev–Trinajstić information content (AvgIpc) is 2.67. The Balaban J connectivity index is 2.13. The predicted octanol–water partition coefficient (Wildman–Crippen LogP) is 2.01. The van der Waals surface area contributed by atoms with Crippen molar-refractivity contribution in [3.63, 3.8) is 0 Å². The molecule has 4 heteroatoms. The highest BCUT2D eigenvalue weighted by atomic mass is 79.9. The van der Waals surface area contributed by atoms with Crippen LogP contribution >= 0.6 is 15.9 Å². The molecule has 1 aliphatic heterocycles. The van der Waals surface area contributed by atoms with Crippen LogP contribution in [0.15, 0.2) is 12.4 Å². The smallest absolute Gasteiger partial charge is 0.150 e. The summed E-state index contributed by atoms with van der Waals surface area (Å²) < 4.78 is 0. The Kier molecular flexibility index (Phi) is 3.01. The van der Waals surface area contributed by atoms with Crippen molar-refractivity contribution in [3.8, 4) is 0 Å². The Bertz CT molecular complexity index is 316. The first-order valence-corrected chi connectivity index (χ1v) is 6.02. The van der Waals surface area contributed by atoms with E-state index < -0.39 is 0 Å². The molecule has 0 aliphatic carbocycles. The summed E-state index contributed by atoms with van der Waals surface area (Å²) in [6.45, 7) is 4.23. The summed E-state index contributed by atoms with van der Waals surface area (Å²) in [6, 6.07) is 0. The standard InChI is InChI=1S/C10H14BrN3/c1-8-10(13-4-3-12-8)14-5-2-9(6-11)7-14/h3-4,9H,2,5-7H2,1H3. The molecule has 1 saturated heterocycles. The zero-order chi connectivity index (χ0) is 9.97. The number of aryl methyl sites for hydroxylation is 1. The summed E-state index contributed by atoms with van der Waals surface area (Å²) in [4.78, 5) is 11.0. The molecule has 1 aliphatic rings. The molecule has 1 unspecified atom stereocenters. The second-order valence-electron chi connectivity index (χ2n) is 3.72. The normalized spacial score (nSPS) is 21.6. The van der Waals surface area contributed by atoms with Crippen molar-refractivity contribution in [1.82, 2.24) is 9.97 Å². The van der Waals surface area contributed by atoms with Crippen molar-refractivity contribution in [1.29, 1.82) is 0 Å². The summed E-state index contributed by atoms with van der Waals surface area (Å²) in [7, 11) is 0. The second-order valence-corrected chi connectivity index (χ2v) is 4.37. The number of anilines is 1. The molecule has 0 radical (unpaired) electrons. The van der Waals surface area contributed by atoms with Crippen LogP contribution in [-0.4, -0.2) is 28.4 Å². The Morgan fingerprint density at radius 2 is 2.29 bits per heavy atom. The van der Waals surface area contributed by atoms with E-state index in [1.165, 1.54) is 6.42 Å². The highest BCUT2D eigenvalue weighted by molar-refractivity contribution is 9.09. The molecule has 0 aromatic carbocycles. The summed E-state index contributed by atoms with van der Waals surface area (Å²) >= 11 is 3.53. The van der Waals surface area contributed by atoms with Crippen molar-refractivity contribution in [3.05, 3.63) is 18.1 Å². The minimum absolute atomic E-state index is 0.761. The first-order chi connectivity index (χ1) is 6.81. The highest BCUT2D eigenvalue weighted by Gasteiger charge is 2.23. The maximum absolute atomic E-state index is 4.38. The van der Waals surface area contributed by atoms with Crippen LogP contribution in [-0.2, 0) is 0 Å². The topological polar surface area (TPSA) is 29.0 Å². The van der Waals surface area contributed by atoms with E-state index in [0.717, 1.165) is 35.8 Å². The molecule has 1 atom stereocenters. The lowest BCUT2D eigenvalue weighted by Crippen LogP contribution is -2.22. The molecular formula is C10H14BrN3. The van der Waals surface area contributed by atoms with Gasteiger partial charge in [-0.1, -0.05) is 15.9 Å². The van der Waals surface area contributed by atoms with Gasteiger partial charge in [-0.25, -0.2) is 4.98 Å². The second kappa shape index (κ2) is 4.26. The van der Waals surface area contributed by atoms with E-state index in [-0.39, 0.29) is 0 Å².